The van der Waals surface area contributed by atoms with Crippen LogP contribution in [0.15, 0.2) is 72.9 Å². The molecule has 1 aliphatic rings. The van der Waals surface area contributed by atoms with Crippen molar-refractivity contribution >= 4 is 11.6 Å². The molecule has 0 N–H and O–H groups in total. The summed E-state index contributed by atoms with van der Waals surface area (Å²) in [5.41, 5.74) is 1.89. The van der Waals surface area contributed by atoms with Crippen LogP contribution < -0.4 is 0 Å². The number of hydrogen-bond donors (Lipinski definition) is 0. The van der Waals surface area contributed by atoms with Crippen LogP contribution in [-0.2, 0) is 0 Å². The lowest BCUT2D eigenvalue weighted by Gasteiger charge is -2.09. The first-order valence-electron chi connectivity index (χ1n) is 6.44. The summed E-state index contributed by atoms with van der Waals surface area (Å²) in [6, 6.07) is 11.8. The fraction of sp³-hybridized carbons (Fsp3) is 0.0588. The minimum absolute atomic E-state index is 0.0474. The van der Waals surface area contributed by atoms with Gasteiger partial charge in [0.05, 0.1) is 11.6 Å². The summed E-state index contributed by atoms with van der Waals surface area (Å²) in [4.78, 5) is 8.99. The molecule has 3 heteroatoms. The van der Waals surface area contributed by atoms with Crippen LogP contribution in [0.3, 0.4) is 0 Å². The van der Waals surface area contributed by atoms with Crippen LogP contribution in [0.1, 0.15) is 11.7 Å². The maximum Gasteiger partial charge on any atom is 0.141 e. The molecule has 0 fully saturated rings. The zero-order valence-corrected chi connectivity index (χ0v) is 11.5. The quantitative estimate of drug-likeness (QED) is 0.754. The summed E-state index contributed by atoms with van der Waals surface area (Å²) >= 11 is 6.14. The normalized spacial score (nSPS) is 14.4. The predicted octanol–water partition coefficient (Wildman–Crippen LogP) is 4.56. The molecule has 1 heterocycles. The second kappa shape index (κ2) is 5.85. The first-order chi connectivity index (χ1) is 9.83. The van der Waals surface area contributed by atoms with E-state index in [9.17, 15) is 0 Å². The lowest BCUT2D eigenvalue weighted by molar-refractivity contribution is 0.911. The molecule has 0 amide bonds. The van der Waals surface area contributed by atoms with Gasteiger partial charge in [-0.3, -0.25) is 0 Å². The summed E-state index contributed by atoms with van der Waals surface area (Å²) in [6.45, 7) is 0. The Labute approximate surface area is 123 Å². The van der Waals surface area contributed by atoms with Crippen LogP contribution in [0, 0.1) is 0 Å². The number of benzene rings is 1. The van der Waals surface area contributed by atoms with E-state index < -0.39 is 0 Å². The summed E-state index contributed by atoms with van der Waals surface area (Å²) < 4.78 is 0. The summed E-state index contributed by atoms with van der Waals surface area (Å²) in [7, 11) is 0. The van der Waals surface area contributed by atoms with E-state index in [0.29, 0.717) is 11.0 Å². The van der Waals surface area contributed by atoms with Crippen LogP contribution in [0.2, 0.25) is 5.15 Å². The highest BCUT2D eigenvalue weighted by Crippen LogP contribution is 2.24. The molecule has 3 rings (SSSR count). The first-order valence-corrected chi connectivity index (χ1v) is 6.82. The molecule has 20 heavy (non-hydrogen) atoms. The van der Waals surface area contributed by atoms with E-state index in [1.807, 2.05) is 54.6 Å². The van der Waals surface area contributed by atoms with Gasteiger partial charge >= 0.3 is 0 Å². The van der Waals surface area contributed by atoms with Gasteiger partial charge in [0, 0.05) is 11.6 Å². The molecule has 98 valence electrons. The van der Waals surface area contributed by atoms with E-state index in [1.54, 1.807) is 6.07 Å². The van der Waals surface area contributed by atoms with Gasteiger partial charge in [0.1, 0.15) is 11.0 Å². The summed E-state index contributed by atoms with van der Waals surface area (Å²) in [5, 5.41) is 0.466. The van der Waals surface area contributed by atoms with Crippen molar-refractivity contribution in [2.75, 3.05) is 0 Å². The molecule has 0 bridgehead atoms. The summed E-state index contributed by atoms with van der Waals surface area (Å²) in [6.07, 6.45) is 12.1. The zero-order valence-electron chi connectivity index (χ0n) is 10.8. The minimum atomic E-state index is 0.0474. The average molecular weight is 281 g/mol. The van der Waals surface area contributed by atoms with Crippen LogP contribution >= 0.6 is 11.6 Å². The topological polar surface area (TPSA) is 25.8 Å². The van der Waals surface area contributed by atoms with E-state index in [0.717, 1.165) is 11.3 Å². The van der Waals surface area contributed by atoms with Crippen molar-refractivity contribution in [3.8, 4) is 11.3 Å². The van der Waals surface area contributed by atoms with E-state index in [2.05, 4.69) is 22.1 Å². The van der Waals surface area contributed by atoms with Gasteiger partial charge < -0.3 is 0 Å². The maximum atomic E-state index is 6.14. The number of hydrogen-bond acceptors (Lipinski definition) is 2. The third-order valence-electron chi connectivity index (χ3n) is 3.05. The second-order valence-electron chi connectivity index (χ2n) is 4.48. The monoisotopic (exact) mass is 280 g/mol. The number of allylic oxidation sites excluding steroid dienone is 6. The van der Waals surface area contributed by atoms with Crippen molar-refractivity contribution in [2.24, 2.45) is 0 Å². The van der Waals surface area contributed by atoms with Gasteiger partial charge in [-0.15, -0.1) is 0 Å². The first kappa shape index (κ1) is 12.8. The molecular formula is C17H13ClN2. The second-order valence-corrected chi connectivity index (χ2v) is 4.87. The van der Waals surface area contributed by atoms with Gasteiger partial charge in [0.2, 0.25) is 0 Å². The highest BCUT2D eigenvalue weighted by Gasteiger charge is 2.12. The maximum absolute atomic E-state index is 6.14. The smallest absolute Gasteiger partial charge is 0.141 e. The van der Waals surface area contributed by atoms with Gasteiger partial charge in [0.15, 0.2) is 0 Å². The van der Waals surface area contributed by atoms with E-state index in [1.165, 1.54) is 0 Å². The Morgan fingerprint density at radius 1 is 0.850 bits per heavy atom. The Kier molecular flexibility index (Phi) is 3.75. The third-order valence-corrected chi connectivity index (χ3v) is 3.24. The molecule has 0 radical (unpaired) electrons. The minimum Gasteiger partial charge on any atom is -0.232 e. The van der Waals surface area contributed by atoms with E-state index >= 15 is 0 Å². The lowest BCUT2D eigenvalue weighted by atomic mass is 10.1. The van der Waals surface area contributed by atoms with Gasteiger partial charge in [-0.05, 0) is 0 Å². The van der Waals surface area contributed by atoms with Gasteiger partial charge in [-0.1, -0.05) is 78.4 Å². The zero-order chi connectivity index (χ0) is 13.8. The fourth-order valence-electron chi connectivity index (χ4n) is 2.07. The van der Waals surface area contributed by atoms with Crippen LogP contribution in [0.25, 0.3) is 11.3 Å². The third kappa shape index (κ3) is 2.86. The highest BCUT2D eigenvalue weighted by atomic mass is 35.5. The molecule has 0 aliphatic heterocycles. The standard InChI is InChI=1S/C17H13ClN2/c18-16-12-15(13-8-6-3-7-9-13)19-17(20-16)14-10-4-1-2-5-11-14/h1-12,14H. The predicted molar refractivity (Wildman–Crippen MR) is 82.6 cm³/mol. The number of nitrogens with zero attached hydrogens (tertiary/aromatic N) is 2. The molecule has 2 nitrogen and oxygen atoms in total. The SMILES string of the molecule is Clc1cc(-c2ccccc2)nc(C2C=CC=CC=C2)n1. The van der Waals surface area contributed by atoms with Crippen LogP contribution in [-0.4, -0.2) is 9.97 Å². The van der Waals surface area contributed by atoms with E-state index in [-0.39, 0.29) is 5.92 Å². The highest BCUT2D eigenvalue weighted by molar-refractivity contribution is 6.29. The molecule has 0 unspecified atom stereocenters. The number of halogens is 1. The Hall–Kier alpha value is -2.19. The molecule has 0 spiro atoms. The molecular weight excluding hydrogens is 268 g/mol. The van der Waals surface area contributed by atoms with Gasteiger partial charge in [-0.2, -0.15) is 0 Å². The van der Waals surface area contributed by atoms with Crippen molar-refractivity contribution < 1.29 is 0 Å². The average Bonchev–Trinajstić information content (AvgIpc) is 2.77. The molecule has 0 saturated heterocycles. The Bertz CT molecular complexity index is 671. The Morgan fingerprint density at radius 3 is 2.25 bits per heavy atom. The molecule has 1 aromatic carbocycles. The molecule has 1 aromatic heterocycles. The molecule has 2 aromatic rings. The van der Waals surface area contributed by atoms with Crippen molar-refractivity contribution in [1.82, 2.24) is 9.97 Å². The van der Waals surface area contributed by atoms with Gasteiger partial charge in [0.25, 0.3) is 0 Å². The largest absolute Gasteiger partial charge is 0.232 e. The van der Waals surface area contributed by atoms with Crippen molar-refractivity contribution in [3.63, 3.8) is 0 Å². The van der Waals surface area contributed by atoms with Crippen molar-refractivity contribution in [2.45, 2.75) is 5.92 Å². The van der Waals surface area contributed by atoms with Gasteiger partial charge in [-0.25, -0.2) is 9.97 Å². The molecule has 0 atom stereocenters. The molecule has 0 saturated carbocycles. The number of rotatable bonds is 2. The van der Waals surface area contributed by atoms with Crippen molar-refractivity contribution in [3.05, 3.63) is 83.8 Å². The Balaban J connectivity index is 2.03. The Morgan fingerprint density at radius 2 is 1.55 bits per heavy atom. The summed E-state index contributed by atoms with van der Waals surface area (Å²) in [5.74, 6) is 0.763. The number of aromatic nitrogens is 2. The van der Waals surface area contributed by atoms with E-state index in [4.69, 9.17) is 11.6 Å². The van der Waals surface area contributed by atoms with Crippen molar-refractivity contribution in [1.29, 1.82) is 0 Å². The van der Waals surface area contributed by atoms with Crippen LogP contribution in [0.4, 0.5) is 0 Å². The molecule has 1 aliphatic carbocycles. The lowest BCUT2D eigenvalue weighted by Crippen LogP contribution is -2.01. The van der Waals surface area contributed by atoms with Crippen LogP contribution in [0.5, 0.6) is 0 Å². The fourth-order valence-corrected chi connectivity index (χ4v) is 2.26.